The number of halogens is 2. The van der Waals surface area contributed by atoms with Crippen LogP contribution in [0.3, 0.4) is 0 Å². The molecule has 102 valence electrons. The average Bonchev–Trinajstić information content (AvgIpc) is 2.67. The number of rotatable bonds is 1. The molecule has 1 aromatic heterocycles. The van der Waals surface area contributed by atoms with Gasteiger partial charge in [0.25, 0.3) is 0 Å². The molecule has 0 bridgehead atoms. The number of aromatic nitrogens is 1. The lowest BCUT2D eigenvalue weighted by Crippen LogP contribution is -2.26. The maximum atomic E-state index is 12.2. The molecular formula is C14H15BrINO2. The smallest absolute Gasteiger partial charge is 0.419 e. The molecule has 1 heterocycles. The van der Waals surface area contributed by atoms with Crippen LogP contribution in [-0.2, 0) is 10.1 Å². The molecular weight excluding hydrogens is 421 g/mol. The van der Waals surface area contributed by atoms with Crippen LogP contribution in [0.15, 0.2) is 24.4 Å². The van der Waals surface area contributed by atoms with Gasteiger partial charge in [0.1, 0.15) is 5.60 Å². The lowest BCUT2D eigenvalue weighted by atomic mass is 10.2. The van der Waals surface area contributed by atoms with Crippen molar-refractivity contribution in [3.8, 4) is 0 Å². The summed E-state index contributed by atoms with van der Waals surface area (Å²) in [6.07, 6.45) is 1.50. The van der Waals surface area contributed by atoms with E-state index in [-0.39, 0.29) is 6.09 Å². The van der Waals surface area contributed by atoms with Crippen LogP contribution < -0.4 is 0 Å². The first-order chi connectivity index (χ1) is 8.83. The Balaban J connectivity index is 2.56. The van der Waals surface area contributed by atoms with Crippen LogP contribution >= 0.6 is 38.5 Å². The molecule has 0 N–H and O–H groups in total. The summed E-state index contributed by atoms with van der Waals surface area (Å²) in [5, 5.41) is 1.81. The van der Waals surface area contributed by atoms with Crippen molar-refractivity contribution in [2.75, 3.05) is 0 Å². The zero-order valence-electron chi connectivity index (χ0n) is 11.0. The summed E-state index contributed by atoms with van der Waals surface area (Å²) in [4.78, 5) is 12.2. The summed E-state index contributed by atoms with van der Waals surface area (Å²) >= 11 is 5.75. The van der Waals surface area contributed by atoms with E-state index in [1.54, 1.807) is 4.57 Å². The van der Waals surface area contributed by atoms with Crippen LogP contribution in [0.2, 0.25) is 0 Å². The molecule has 0 unspecified atom stereocenters. The Hall–Kier alpha value is -0.560. The third kappa shape index (κ3) is 3.13. The van der Waals surface area contributed by atoms with E-state index in [4.69, 9.17) is 4.74 Å². The van der Waals surface area contributed by atoms with Crippen molar-refractivity contribution < 1.29 is 9.53 Å². The summed E-state index contributed by atoms with van der Waals surface area (Å²) in [5.41, 5.74) is 1.48. The quantitative estimate of drug-likeness (QED) is 0.470. The second-order valence-corrected chi connectivity index (χ2v) is 7.00. The molecule has 2 rings (SSSR count). The number of alkyl halides is 1. The van der Waals surface area contributed by atoms with E-state index < -0.39 is 5.60 Å². The van der Waals surface area contributed by atoms with Crippen molar-refractivity contribution >= 4 is 55.5 Å². The van der Waals surface area contributed by atoms with Crippen LogP contribution in [0.5, 0.6) is 0 Å². The number of carbonyl (C=O) groups is 1. The van der Waals surface area contributed by atoms with Gasteiger partial charge in [-0.3, -0.25) is 4.57 Å². The summed E-state index contributed by atoms with van der Waals surface area (Å²) in [5.74, 6) is 0. The molecule has 0 aliphatic heterocycles. The summed E-state index contributed by atoms with van der Waals surface area (Å²) < 4.78 is 8.15. The van der Waals surface area contributed by atoms with E-state index in [1.165, 1.54) is 0 Å². The number of ether oxygens (including phenoxy) is 1. The molecule has 19 heavy (non-hydrogen) atoms. The Morgan fingerprint density at radius 2 is 2.11 bits per heavy atom. The van der Waals surface area contributed by atoms with Gasteiger partial charge in [0, 0.05) is 20.5 Å². The molecule has 0 aliphatic rings. The van der Waals surface area contributed by atoms with E-state index in [0.717, 1.165) is 20.0 Å². The van der Waals surface area contributed by atoms with Crippen LogP contribution in [-0.4, -0.2) is 16.3 Å². The monoisotopic (exact) mass is 435 g/mol. The normalized spacial score (nSPS) is 11.8. The van der Waals surface area contributed by atoms with Gasteiger partial charge in [-0.1, -0.05) is 22.0 Å². The summed E-state index contributed by atoms with van der Waals surface area (Å²) in [6.45, 7) is 5.60. The number of nitrogens with zero attached hydrogens (tertiary/aromatic N) is 1. The van der Waals surface area contributed by atoms with Gasteiger partial charge in [-0.15, -0.1) is 0 Å². The number of hydrogen-bond donors (Lipinski definition) is 0. The Labute approximate surface area is 134 Å². The van der Waals surface area contributed by atoms with E-state index in [1.807, 2.05) is 45.2 Å². The predicted molar refractivity (Wildman–Crippen MR) is 88.9 cm³/mol. The fraction of sp³-hybridized carbons (Fsp3) is 0.357. The molecule has 0 atom stereocenters. The molecule has 0 fully saturated rings. The van der Waals surface area contributed by atoms with Gasteiger partial charge < -0.3 is 4.74 Å². The van der Waals surface area contributed by atoms with E-state index >= 15 is 0 Å². The molecule has 0 spiro atoms. The number of fused-ring (bicyclic) bond motifs is 1. The van der Waals surface area contributed by atoms with E-state index in [2.05, 4.69) is 38.5 Å². The molecule has 2 aromatic rings. The van der Waals surface area contributed by atoms with Gasteiger partial charge in [0.05, 0.1) is 5.52 Å². The third-order valence-electron chi connectivity index (χ3n) is 2.59. The maximum Gasteiger partial charge on any atom is 0.419 e. The van der Waals surface area contributed by atoms with E-state index in [9.17, 15) is 4.79 Å². The Morgan fingerprint density at radius 1 is 1.42 bits per heavy atom. The summed E-state index contributed by atoms with van der Waals surface area (Å²) in [6, 6.07) is 5.92. The highest BCUT2D eigenvalue weighted by Crippen LogP contribution is 2.28. The number of carbonyl (C=O) groups excluding carboxylic acids is 1. The Kier molecular flexibility index (Phi) is 4.25. The fourth-order valence-electron chi connectivity index (χ4n) is 1.88. The Bertz CT molecular complexity index is 628. The van der Waals surface area contributed by atoms with Gasteiger partial charge in [0.2, 0.25) is 0 Å². The molecule has 0 radical (unpaired) electrons. The highest BCUT2D eigenvalue weighted by atomic mass is 127. The predicted octanol–water partition coefficient (Wildman–Crippen LogP) is 4.92. The molecule has 5 heteroatoms. The van der Waals surface area contributed by atoms with Crippen LogP contribution in [0.4, 0.5) is 4.79 Å². The first-order valence-electron chi connectivity index (χ1n) is 5.91. The van der Waals surface area contributed by atoms with Crippen molar-refractivity contribution in [1.82, 2.24) is 4.57 Å². The highest BCUT2D eigenvalue weighted by molar-refractivity contribution is 14.1. The standard InChI is InChI=1S/C14H15BrINO2/c1-14(2,3)19-13(18)17-8-9(7-15)12-10(16)5-4-6-11(12)17/h4-6,8H,7H2,1-3H3. The lowest BCUT2D eigenvalue weighted by molar-refractivity contribution is 0.0544. The van der Waals surface area contributed by atoms with Gasteiger partial charge in [-0.25, -0.2) is 4.79 Å². The van der Waals surface area contributed by atoms with Crippen molar-refractivity contribution in [2.45, 2.75) is 31.7 Å². The lowest BCUT2D eigenvalue weighted by Gasteiger charge is -2.19. The minimum Gasteiger partial charge on any atom is -0.443 e. The van der Waals surface area contributed by atoms with Gasteiger partial charge in [-0.05, 0) is 61.1 Å². The molecule has 0 amide bonds. The van der Waals surface area contributed by atoms with Crippen molar-refractivity contribution in [1.29, 1.82) is 0 Å². The van der Waals surface area contributed by atoms with Crippen LogP contribution in [0.1, 0.15) is 26.3 Å². The maximum absolute atomic E-state index is 12.2. The molecule has 0 saturated carbocycles. The number of benzene rings is 1. The molecule has 1 aromatic carbocycles. The average molecular weight is 436 g/mol. The summed E-state index contributed by atoms with van der Waals surface area (Å²) in [7, 11) is 0. The van der Waals surface area contributed by atoms with Gasteiger partial charge in [0.15, 0.2) is 0 Å². The molecule has 3 nitrogen and oxygen atoms in total. The van der Waals surface area contributed by atoms with E-state index in [0.29, 0.717) is 5.33 Å². The first-order valence-corrected chi connectivity index (χ1v) is 8.11. The third-order valence-corrected chi connectivity index (χ3v) is 4.09. The Morgan fingerprint density at radius 3 is 2.68 bits per heavy atom. The van der Waals surface area contributed by atoms with Crippen LogP contribution in [0.25, 0.3) is 10.9 Å². The number of hydrogen-bond acceptors (Lipinski definition) is 2. The first kappa shape index (κ1) is 14.8. The fourth-order valence-corrected chi connectivity index (χ4v) is 3.14. The zero-order chi connectivity index (χ0) is 14.2. The van der Waals surface area contributed by atoms with Gasteiger partial charge in [-0.2, -0.15) is 0 Å². The van der Waals surface area contributed by atoms with Gasteiger partial charge >= 0.3 is 6.09 Å². The minimum absolute atomic E-state index is 0.341. The van der Waals surface area contributed by atoms with Crippen molar-refractivity contribution in [3.05, 3.63) is 33.5 Å². The zero-order valence-corrected chi connectivity index (χ0v) is 14.8. The van der Waals surface area contributed by atoms with Crippen LogP contribution in [0, 0.1) is 3.57 Å². The SMILES string of the molecule is CC(C)(C)OC(=O)n1cc(CBr)c2c(I)cccc21. The van der Waals surface area contributed by atoms with Crippen molar-refractivity contribution in [2.24, 2.45) is 0 Å². The second kappa shape index (κ2) is 5.44. The van der Waals surface area contributed by atoms with Crippen molar-refractivity contribution in [3.63, 3.8) is 0 Å². The minimum atomic E-state index is -0.496. The topological polar surface area (TPSA) is 31.2 Å². The highest BCUT2D eigenvalue weighted by Gasteiger charge is 2.21. The molecule has 0 aliphatic carbocycles. The largest absolute Gasteiger partial charge is 0.443 e. The molecule has 0 saturated heterocycles. The second-order valence-electron chi connectivity index (χ2n) is 5.27.